The summed E-state index contributed by atoms with van der Waals surface area (Å²) >= 11 is 9.29. The number of nitrogens with zero attached hydrogens (tertiary/aromatic N) is 1. The van der Waals surface area contributed by atoms with Crippen molar-refractivity contribution in [2.24, 2.45) is 0 Å². The average Bonchev–Trinajstić information content (AvgIpc) is 2.34. The number of aryl methyl sites for hydroxylation is 1. The van der Waals surface area contributed by atoms with Crippen molar-refractivity contribution in [1.29, 1.82) is 0 Å². The van der Waals surface area contributed by atoms with Crippen molar-refractivity contribution in [2.45, 2.75) is 6.92 Å². The maximum atomic E-state index is 10.8. The smallest absolute Gasteiger partial charge is 0.335 e. The summed E-state index contributed by atoms with van der Waals surface area (Å²) in [6, 6.07) is 6.14. The number of halogens is 2. The van der Waals surface area contributed by atoms with Gasteiger partial charge < -0.3 is 9.84 Å². The van der Waals surface area contributed by atoms with Crippen molar-refractivity contribution in [2.75, 3.05) is 0 Å². The van der Waals surface area contributed by atoms with Gasteiger partial charge in [-0.2, -0.15) is 0 Å². The number of aromatic nitrogens is 1. The van der Waals surface area contributed by atoms with Crippen molar-refractivity contribution >= 4 is 33.5 Å². The first kappa shape index (κ1) is 13.8. The molecule has 0 aliphatic heterocycles. The number of pyridine rings is 1. The van der Waals surface area contributed by atoms with Crippen LogP contribution in [-0.2, 0) is 0 Å². The lowest BCUT2D eigenvalue weighted by molar-refractivity contribution is 0.0697. The number of aromatic carboxylic acids is 1. The monoisotopic (exact) mass is 341 g/mol. The van der Waals surface area contributed by atoms with E-state index in [2.05, 4.69) is 20.9 Å². The summed E-state index contributed by atoms with van der Waals surface area (Å²) < 4.78 is 6.42. The predicted molar refractivity (Wildman–Crippen MR) is 75.2 cm³/mol. The summed E-state index contributed by atoms with van der Waals surface area (Å²) in [6.07, 6.45) is 1.61. The Balaban J connectivity index is 2.31. The lowest BCUT2D eigenvalue weighted by Gasteiger charge is -2.09. The third-order valence-corrected chi connectivity index (χ3v) is 3.11. The highest BCUT2D eigenvalue weighted by Crippen LogP contribution is 2.31. The van der Waals surface area contributed by atoms with Crippen molar-refractivity contribution in [1.82, 2.24) is 4.98 Å². The zero-order valence-electron chi connectivity index (χ0n) is 9.85. The fourth-order valence-electron chi connectivity index (χ4n) is 1.46. The van der Waals surface area contributed by atoms with Gasteiger partial charge in [0.1, 0.15) is 5.75 Å². The molecule has 2 rings (SSSR count). The minimum absolute atomic E-state index is 0.109. The average molecular weight is 343 g/mol. The predicted octanol–water partition coefficient (Wildman–Crippen LogP) is 4.30. The molecule has 6 heteroatoms. The molecular weight excluding hydrogens is 334 g/mol. The Kier molecular flexibility index (Phi) is 4.07. The van der Waals surface area contributed by atoms with E-state index in [0.717, 1.165) is 10.0 Å². The molecule has 0 atom stereocenters. The molecule has 0 bridgehead atoms. The van der Waals surface area contributed by atoms with E-state index < -0.39 is 5.97 Å². The SMILES string of the molecule is Cc1cc(Br)cnc1Oc1ccc(C(=O)O)cc1Cl. The zero-order chi connectivity index (χ0) is 14.0. The maximum absolute atomic E-state index is 10.8. The van der Waals surface area contributed by atoms with Gasteiger partial charge in [0.25, 0.3) is 0 Å². The minimum atomic E-state index is -1.04. The van der Waals surface area contributed by atoms with Gasteiger partial charge in [0, 0.05) is 16.2 Å². The molecule has 0 aliphatic rings. The van der Waals surface area contributed by atoms with Crippen LogP contribution in [-0.4, -0.2) is 16.1 Å². The Bertz CT molecular complexity index is 646. The molecule has 1 heterocycles. The Morgan fingerprint density at radius 1 is 1.42 bits per heavy atom. The molecule has 0 saturated heterocycles. The van der Waals surface area contributed by atoms with Crippen LogP contribution in [0.1, 0.15) is 15.9 Å². The quantitative estimate of drug-likeness (QED) is 0.903. The van der Waals surface area contributed by atoms with Gasteiger partial charge in [0.05, 0.1) is 10.6 Å². The molecule has 0 unspecified atom stereocenters. The summed E-state index contributed by atoms with van der Waals surface area (Å²) in [4.78, 5) is 14.9. The fourth-order valence-corrected chi connectivity index (χ4v) is 2.12. The van der Waals surface area contributed by atoms with Gasteiger partial charge in [-0.25, -0.2) is 9.78 Å². The lowest BCUT2D eigenvalue weighted by Crippen LogP contribution is -1.97. The van der Waals surface area contributed by atoms with Crippen LogP contribution in [0.3, 0.4) is 0 Å². The van der Waals surface area contributed by atoms with E-state index in [1.54, 1.807) is 6.20 Å². The molecule has 1 N–H and O–H groups in total. The van der Waals surface area contributed by atoms with Crippen LogP contribution in [0.25, 0.3) is 0 Å². The van der Waals surface area contributed by atoms with Gasteiger partial charge in [-0.1, -0.05) is 11.6 Å². The third kappa shape index (κ3) is 3.24. The number of hydrogen-bond acceptors (Lipinski definition) is 3. The molecular formula is C13H9BrClNO3. The van der Waals surface area contributed by atoms with Crippen molar-refractivity contribution in [3.63, 3.8) is 0 Å². The van der Waals surface area contributed by atoms with E-state index in [1.807, 2.05) is 13.0 Å². The van der Waals surface area contributed by atoms with Crippen LogP contribution < -0.4 is 4.74 Å². The maximum Gasteiger partial charge on any atom is 0.335 e. The number of hydrogen-bond donors (Lipinski definition) is 1. The Labute approximate surface area is 123 Å². The second kappa shape index (κ2) is 5.59. The molecule has 0 radical (unpaired) electrons. The van der Waals surface area contributed by atoms with Gasteiger partial charge in [-0.15, -0.1) is 0 Å². The first-order chi connectivity index (χ1) is 8.97. The second-order valence-corrected chi connectivity index (χ2v) is 5.15. The van der Waals surface area contributed by atoms with E-state index in [4.69, 9.17) is 21.4 Å². The molecule has 0 spiro atoms. The zero-order valence-corrected chi connectivity index (χ0v) is 12.2. The van der Waals surface area contributed by atoms with Crippen LogP contribution in [0.2, 0.25) is 5.02 Å². The van der Waals surface area contributed by atoms with Crippen LogP contribution >= 0.6 is 27.5 Å². The Morgan fingerprint density at radius 2 is 2.16 bits per heavy atom. The fraction of sp³-hybridized carbons (Fsp3) is 0.0769. The topological polar surface area (TPSA) is 59.4 Å². The summed E-state index contributed by atoms with van der Waals surface area (Å²) in [5, 5.41) is 9.07. The lowest BCUT2D eigenvalue weighted by atomic mass is 10.2. The van der Waals surface area contributed by atoms with E-state index in [-0.39, 0.29) is 10.6 Å². The summed E-state index contributed by atoms with van der Waals surface area (Å²) in [6.45, 7) is 1.85. The van der Waals surface area contributed by atoms with Crippen LogP contribution in [0.15, 0.2) is 34.9 Å². The molecule has 0 aliphatic carbocycles. The van der Waals surface area contributed by atoms with Crippen LogP contribution in [0.4, 0.5) is 0 Å². The summed E-state index contributed by atoms with van der Waals surface area (Å²) in [7, 11) is 0. The highest BCUT2D eigenvalue weighted by molar-refractivity contribution is 9.10. The number of ether oxygens (including phenoxy) is 1. The largest absolute Gasteiger partial charge is 0.478 e. The van der Waals surface area contributed by atoms with E-state index >= 15 is 0 Å². The first-order valence-corrected chi connectivity index (χ1v) is 6.47. The second-order valence-electron chi connectivity index (χ2n) is 3.83. The molecule has 19 heavy (non-hydrogen) atoms. The van der Waals surface area contributed by atoms with Crippen LogP contribution in [0.5, 0.6) is 11.6 Å². The third-order valence-electron chi connectivity index (χ3n) is 2.38. The van der Waals surface area contributed by atoms with Gasteiger partial charge in [0.2, 0.25) is 5.88 Å². The number of carboxylic acids is 1. The first-order valence-electron chi connectivity index (χ1n) is 5.30. The minimum Gasteiger partial charge on any atom is -0.478 e. The van der Waals surface area contributed by atoms with Gasteiger partial charge in [-0.05, 0) is 47.1 Å². The van der Waals surface area contributed by atoms with Crippen molar-refractivity contribution < 1.29 is 14.6 Å². The number of carboxylic acid groups (broad SMARTS) is 1. The number of benzene rings is 1. The van der Waals surface area contributed by atoms with Crippen molar-refractivity contribution in [3.8, 4) is 11.6 Å². The molecule has 0 fully saturated rings. The molecule has 1 aromatic heterocycles. The Morgan fingerprint density at radius 3 is 2.74 bits per heavy atom. The van der Waals surface area contributed by atoms with E-state index in [9.17, 15) is 4.79 Å². The van der Waals surface area contributed by atoms with Gasteiger partial charge >= 0.3 is 5.97 Å². The van der Waals surface area contributed by atoms with E-state index in [1.165, 1.54) is 18.2 Å². The standard InChI is InChI=1S/C13H9BrClNO3/c1-7-4-9(14)6-16-12(7)19-11-3-2-8(13(17)18)5-10(11)15/h2-6H,1H3,(H,17,18). The van der Waals surface area contributed by atoms with Crippen LogP contribution in [0, 0.1) is 6.92 Å². The Hall–Kier alpha value is -1.59. The molecule has 1 aromatic carbocycles. The normalized spacial score (nSPS) is 10.3. The molecule has 4 nitrogen and oxygen atoms in total. The summed E-state index contributed by atoms with van der Waals surface area (Å²) in [5.41, 5.74) is 0.950. The highest BCUT2D eigenvalue weighted by Gasteiger charge is 2.10. The van der Waals surface area contributed by atoms with Gasteiger partial charge in [0.15, 0.2) is 0 Å². The van der Waals surface area contributed by atoms with Crippen molar-refractivity contribution in [3.05, 3.63) is 51.1 Å². The molecule has 0 saturated carbocycles. The molecule has 0 amide bonds. The van der Waals surface area contributed by atoms with E-state index in [0.29, 0.717) is 11.6 Å². The van der Waals surface area contributed by atoms with Gasteiger partial charge in [-0.3, -0.25) is 0 Å². The number of rotatable bonds is 3. The highest BCUT2D eigenvalue weighted by atomic mass is 79.9. The molecule has 2 aromatic rings. The summed E-state index contributed by atoms with van der Waals surface area (Å²) in [5.74, 6) is -0.246. The molecule has 98 valence electrons. The number of carbonyl (C=O) groups is 1.